The Kier molecular flexibility index (Phi) is 4.92. The van der Waals surface area contributed by atoms with Gasteiger partial charge in [0.2, 0.25) is 0 Å². The van der Waals surface area contributed by atoms with Gasteiger partial charge >= 0.3 is 0 Å². The first-order valence-corrected chi connectivity index (χ1v) is 7.66. The summed E-state index contributed by atoms with van der Waals surface area (Å²) in [4.78, 5) is 0. The van der Waals surface area contributed by atoms with Crippen molar-refractivity contribution in [3.63, 3.8) is 0 Å². The summed E-state index contributed by atoms with van der Waals surface area (Å²) in [6, 6.07) is 8.71. The van der Waals surface area contributed by atoms with Gasteiger partial charge in [0.1, 0.15) is 0 Å². The number of rotatable bonds is 4. The molecule has 2 aromatic rings. The smallest absolute Gasteiger partial charge is 0.0688 e. The number of aryl methyl sites for hydroxylation is 6. The standard InChI is InChI=1S/C20H25N2/c1-13-9-15(3)19(16(4)10-13)21-7-8-22-20-17(5)11-14(2)12-18(20)6/h7-12,21H,1-6H3. The van der Waals surface area contributed by atoms with E-state index in [1.165, 1.54) is 33.4 Å². The lowest BCUT2D eigenvalue weighted by molar-refractivity contribution is 1.11. The van der Waals surface area contributed by atoms with E-state index in [1.807, 2.05) is 12.4 Å². The topological polar surface area (TPSA) is 26.1 Å². The van der Waals surface area contributed by atoms with Gasteiger partial charge in [-0.1, -0.05) is 35.4 Å². The third kappa shape index (κ3) is 3.70. The maximum absolute atomic E-state index is 4.60. The largest absolute Gasteiger partial charge is 0.360 e. The van der Waals surface area contributed by atoms with Crippen molar-refractivity contribution in [1.82, 2.24) is 5.32 Å². The Morgan fingerprint density at radius 1 is 0.727 bits per heavy atom. The van der Waals surface area contributed by atoms with Crippen molar-refractivity contribution in [1.29, 1.82) is 0 Å². The van der Waals surface area contributed by atoms with E-state index in [9.17, 15) is 0 Å². The Labute approximate surface area is 134 Å². The van der Waals surface area contributed by atoms with Gasteiger partial charge < -0.3 is 5.32 Å². The van der Waals surface area contributed by atoms with Crippen LogP contribution in [-0.2, 0) is 0 Å². The van der Waals surface area contributed by atoms with Gasteiger partial charge in [0.05, 0.1) is 5.69 Å². The maximum Gasteiger partial charge on any atom is 0.0688 e. The van der Waals surface area contributed by atoms with Crippen LogP contribution in [0.15, 0.2) is 36.7 Å². The molecule has 0 heterocycles. The molecule has 0 fully saturated rings. The number of hydrogen-bond donors (Lipinski definition) is 1. The molecule has 0 aromatic heterocycles. The monoisotopic (exact) mass is 293 g/mol. The van der Waals surface area contributed by atoms with E-state index in [4.69, 9.17) is 0 Å². The van der Waals surface area contributed by atoms with Crippen molar-refractivity contribution in [2.75, 3.05) is 5.32 Å². The van der Waals surface area contributed by atoms with Crippen molar-refractivity contribution in [3.05, 3.63) is 70.0 Å². The molecule has 2 aromatic carbocycles. The Hall–Kier alpha value is -2.22. The number of anilines is 1. The molecule has 0 atom stereocenters. The lowest BCUT2D eigenvalue weighted by Gasteiger charge is -2.11. The van der Waals surface area contributed by atoms with E-state index < -0.39 is 0 Å². The second-order valence-corrected chi connectivity index (χ2v) is 6.11. The highest BCUT2D eigenvalue weighted by molar-refractivity contribution is 5.60. The van der Waals surface area contributed by atoms with Crippen LogP contribution in [0.3, 0.4) is 0 Å². The molecule has 2 heteroatoms. The average Bonchev–Trinajstić information content (AvgIpc) is 2.38. The summed E-state index contributed by atoms with van der Waals surface area (Å²) in [5.41, 5.74) is 9.72. The lowest BCUT2D eigenvalue weighted by atomic mass is 10.1. The average molecular weight is 293 g/mol. The second-order valence-electron chi connectivity index (χ2n) is 6.11. The molecule has 0 amide bonds. The Morgan fingerprint density at radius 2 is 1.18 bits per heavy atom. The van der Waals surface area contributed by atoms with E-state index in [2.05, 4.69) is 76.4 Å². The molecular formula is C20H25N2. The minimum Gasteiger partial charge on any atom is -0.360 e. The van der Waals surface area contributed by atoms with Crippen LogP contribution in [0.1, 0.15) is 33.4 Å². The molecule has 115 valence electrons. The Bertz CT molecular complexity index is 604. The van der Waals surface area contributed by atoms with Gasteiger partial charge in [0.15, 0.2) is 0 Å². The summed E-state index contributed by atoms with van der Waals surface area (Å²) in [5, 5.41) is 7.95. The number of nitrogens with zero attached hydrogens (tertiary/aromatic N) is 1. The van der Waals surface area contributed by atoms with Gasteiger partial charge in [-0.2, -0.15) is 0 Å². The number of benzene rings is 2. The third-order valence-electron chi connectivity index (χ3n) is 3.82. The molecule has 0 bridgehead atoms. The molecule has 2 rings (SSSR count). The van der Waals surface area contributed by atoms with E-state index in [1.54, 1.807) is 0 Å². The lowest BCUT2D eigenvalue weighted by Crippen LogP contribution is -1.98. The van der Waals surface area contributed by atoms with E-state index in [0.717, 1.165) is 11.4 Å². The molecule has 0 saturated carbocycles. The quantitative estimate of drug-likeness (QED) is 0.807. The van der Waals surface area contributed by atoms with Gasteiger partial charge in [-0.3, -0.25) is 5.32 Å². The zero-order chi connectivity index (χ0) is 16.3. The van der Waals surface area contributed by atoms with Crippen LogP contribution in [0.5, 0.6) is 0 Å². The molecule has 0 aliphatic heterocycles. The SMILES string of the molecule is Cc1cc(C)c([N]C=CNc2c(C)cc(C)cc2C)c(C)c1. The molecule has 1 radical (unpaired) electrons. The van der Waals surface area contributed by atoms with Crippen LogP contribution in [-0.4, -0.2) is 0 Å². The highest BCUT2D eigenvalue weighted by Crippen LogP contribution is 2.23. The van der Waals surface area contributed by atoms with Crippen molar-refractivity contribution < 1.29 is 0 Å². The molecule has 0 unspecified atom stereocenters. The molecule has 1 N–H and O–H groups in total. The van der Waals surface area contributed by atoms with E-state index in [0.29, 0.717) is 0 Å². The van der Waals surface area contributed by atoms with Crippen LogP contribution in [0.2, 0.25) is 0 Å². The van der Waals surface area contributed by atoms with Crippen LogP contribution < -0.4 is 10.6 Å². The van der Waals surface area contributed by atoms with E-state index >= 15 is 0 Å². The summed E-state index contributed by atoms with van der Waals surface area (Å²) >= 11 is 0. The summed E-state index contributed by atoms with van der Waals surface area (Å²) < 4.78 is 0. The molecule has 0 saturated heterocycles. The van der Waals surface area contributed by atoms with Crippen LogP contribution >= 0.6 is 0 Å². The number of nitrogens with one attached hydrogen (secondary N) is 1. The number of hydrogen-bond acceptors (Lipinski definition) is 1. The second kappa shape index (κ2) is 6.69. The minimum atomic E-state index is 1.06. The Balaban J connectivity index is 2.09. The van der Waals surface area contributed by atoms with Gasteiger partial charge in [-0.05, 0) is 63.8 Å². The van der Waals surface area contributed by atoms with Crippen LogP contribution in [0.4, 0.5) is 11.4 Å². The fourth-order valence-electron chi connectivity index (χ4n) is 3.02. The fraction of sp³-hybridized carbons (Fsp3) is 0.300. The zero-order valence-electron chi connectivity index (χ0n) is 14.4. The Morgan fingerprint density at radius 3 is 1.68 bits per heavy atom. The zero-order valence-corrected chi connectivity index (χ0v) is 14.4. The molecule has 2 nitrogen and oxygen atoms in total. The van der Waals surface area contributed by atoms with Gasteiger partial charge in [-0.25, -0.2) is 0 Å². The first-order chi connectivity index (χ1) is 10.4. The minimum absolute atomic E-state index is 1.06. The van der Waals surface area contributed by atoms with Crippen molar-refractivity contribution >= 4 is 11.4 Å². The van der Waals surface area contributed by atoms with Crippen LogP contribution in [0.25, 0.3) is 0 Å². The highest BCUT2D eigenvalue weighted by Gasteiger charge is 2.04. The first-order valence-electron chi connectivity index (χ1n) is 7.66. The predicted octanol–water partition coefficient (Wildman–Crippen LogP) is 5.36. The van der Waals surface area contributed by atoms with Crippen LogP contribution in [0, 0.1) is 41.5 Å². The van der Waals surface area contributed by atoms with Gasteiger partial charge in [-0.15, -0.1) is 0 Å². The van der Waals surface area contributed by atoms with E-state index in [-0.39, 0.29) is 0 Å². The third-order valence-corrected chi connectivity index (χ3v) is 3.82. The van der Waals surface area contributed by atoms with Crippen molar-refractivity contribution in [3.8, 4) is 0 Å². The first kappa shape index (κ1) is 16.2. The fourth-order valence-corrected chi connectivity index (χ4v) is 3.02. The highest BCUT2D eigenvalue weighted by atomic mass is 14.9. The summed E-state index contributed by atoms with van der Waals surface area (Å²) in [6.07, 6.45) is 3.74. The van der Waals surface area contributed by atoms with Crippen molar-refractivity contribution in [2.24, 2.45) is 0 Å². The summed E-state index contributed by atoms with van der Waals surface area (Å²) in [7, 11) is 0. The molecule has 0 aliphatic rings. The maximum atomic E-state index is 4.60. The summed E-state index contributed by atoms with van der Waals surface area (Å²) in [5.74, 6) is 0. The summed E-state index contributed by atoms with van der Waals surface area (Å²) in [6.45, 7) is 12.7. The molecular weight excluding hydrogens is 268 g/mol. The predicted molar refractivity (Wildman–Crippen MR) is 95.9 cm³/mol. The molecule has 0 spiro atoms. The van der Waals surface area contributed by atoms with Crippen molar-refractivity contribution in [2.45, 2.75) is 41.5 Å². The molecule has 0 aliphatic carbocycles. The normalized spacial score (nSPS) is 11.0. The van der Waals surface area contributed by atoms with Gasteiger partial charge in [0.25, 0.3) is 0 Å². The molecule has 22 heavy (non-hydrogen) atoms. The van der Waals surface area contributed by atoms with Gasteiger partial charge in [0, 0.05) is 18.1 Å².